The summed E-state index contributed by atoms with van der Waals surface area (Å²) in [6.45, 7) is 1.77. The van der Waals surface area contributed by atoms with Crippen LogP contribution in [0.3, 0.4) is 0 Å². The van der Waals surface area contributed by atoms with Crippen molar-refractivity contribution in [1.82, 2.24) is 9.29 Å². The molecular weight excluding hydrogens is 327 g/mol. The Morgan fingerprint density at radius 3 is 2.12 bits per heavy atom. The summed E-state index contributed by atoms with van der Waals surface area (Å²) in [6.07, 6.45) is 3.88. The number of nitrogens with zero attached hydrogens (tertiary/aromatic N) is 1. The molecule has 0 radical (unpaired) electrons. The van der Waals surface area contributed by atoms with Crippen molar-refractivity contribution in [3.8, 4) is 5.69 Å². The van der Waals surface area contributed by atoms with Gasteiger partial charge in [-0.1, -0.05) is 12.1 Å². The van der Waals surface area contributed by atoms with E-state index in [4.69, 9.17) is 0 Å². The Labute approximate surface area is 140 Å². The molecule has 0 amide bonds. The van der Waals surface area contributed by atoms with Crippen LogP contribution in [0.4, 0.5) is 4.39 Å². The number of nitrogens with one attached hydrogen (secondary N) is 1. The van der Waals surface area contributed by atoms with Gasteiger partial charge in [0.25, 0.3) is 0 Å². The Balaban J connectivity index is 1.76. The third-order valence-corrected chi connectivity index (χ3v) is 5.31. The van der Waals surface area contributed by atoms with Crippen LogP contribution in [0.15, 0.2) is 78.0 Å². The minimum Gasteiger partial charge on any atom is -0.324 e. The van der Waals surface area contributed by atoms with E-state index in [2.05, 4.69) is 4.72 Å². The van der Waals surface area contributed by atoms with E-state index in [9.17, 15) is 12.8 Å². The molecule has 24 heavy (non-hydrogen) atoms. The van der Waals surface area contributed by atoms with E-state index in [1.165, 1.54) is 12.1 Å². The summed E-state index contributed by atoms with van der Waals surface area (Å²) >= 11 is 0. The van der Waals surface area contributed by atoms with Crippen molar-refractivity contribution in [3.05, 3.63) is 84.4 Å². The second-order valence-electron chi connectivity index (χ2n) is 5.48. The lowest BCUT2D eigenvalue weighted by molar-refractivity contribution is 0.566. The van der Waals surface area contributed by atoms with Crippen LogP contribution in [0.5, 0.6) is 0 Å². The molecule has 124 valence electrons. The first kappa shape index (κ1) is 16.4. The maximum Gasteiger partial charge on any atom is 0.241 e. The molecule has 0 bridgehead atoms. The summed E-state index contributed by atoms with van der Waals surface area (Å²) in [6, 6.07) is 15.9. The van der Waals surface area contributed by atoms with Gasteiger partial charge < -0.3 is 4.57 Å². The summed E-state index contributed by atoms with van der Waals surface area (Å²) in [5.41, 5.74) is 1.84. The highest BCUT2D eigenvalue weighted by Crippen LogP contribution is 2.19. The molecule has 1 unspecified atom stereocenters. The van der Waals surface area contributed by atoms with Crippen LogP contribution in [0.25, 0.3) is 5.69 Å². The summed E-state index contributed by atoms with van der Waals surface area (Å²) in [4.78, 5) is 0.0414. The summed E-state index contributed by atoms with van der Waals surface area (Å²) in [5, 5.41) is 0. The lowest BCUT2D eigenvalue weighted by Crippen LogP contribution is -2.26. The Hall–Kier alpha value is -2.44. The largest absolute Gasteiger partial charge is 0.324 e. The van der Waals surface area contributed by atoms with Crippen molar-refractivity contribution in [2.75, 3.05) is 0 Å². The monoisotopic (exact) mass is 344 g/mol. The van der Waals surface area contributed by atoms with Crippen LogP contribution in [0.1, 0.15) is 18.5 Å². The Morgan fingerprint density at radius 2 is 1.54 bits per heavy atom. The van der Waals surface area contributed by atoms with E-state index in [-0.39, 0.29) is 4.90 Å². The molecule has 0 saturated heterocycles. The van der Waals surface area contributed by atoms with E-state index < -0.39 is 21.9 Å². The number of halogens is 1. The molecule has 1 atom stereocenters. The molecule has 2 aromatic carbocycles. The molecule has 3 aromatic rings. The minimum absolute atomic E-state index is 0.0414. The highest BCUT2D eigenvalue weighted by molar-refractivity contribution is 7.89. The smallest absolute Gasteiger partial charge is 0.241 e. The van der Waals surface area contributed by atoms with Crippen LogP contribution in [0.2, 0.25) is 0 Å². The SMILES string of the molecule is CC(NS(=O)(=O)c1ccc(F)cc1)c1ccc(-n2cccc2)cc1. The molecule has 6 heteroatoms. The second kappa shape index (κ2) is 6.59. The van der Waals surface area contributed by atoms with E-state index in [1.807, 2.05) is 53.4 Å². The van der Waals surface area contributed by atoms with Crippen molar-refractivity contribution in [2.24, 2.45) is 0 Å². The first-order chi connectivity index (χ1) is 11.5. The van der Waals surface area contributed by atoms with Crippen LogP contribution < -0.4 is 4.72 Å². The third-order valence-electron chi connectivity index (χ3n) is 3.75. The maximum absolute atomic E-state index is 12.9. The van der Waals surface area contributed by atoms with Gasteiger partial charge in [0, 0.05) is 24.1 Å². The van der Waals surface area contributed by atoms with Crippen molar-refractivity contribution in [1.29, 1.82) is 0 Å². The second-order valence-corrected chi connectivity index (χ2v) is 7.19. The molecule has 0 aliphatic rings. The van der Waals surface area contributed by atoms with Gasteiger partial charge >= 0.3 is 0 Å². The molecule has 0 spiro atoms. The van der Waals surface area contributed by atoms with E-state index in [0.29, 0.717) is 0 Å². The third kappa shape index (κ3) is 3.55. The number of rotatable bonds is 5. The highest BCUT2D eigenvalue weighted by atomic mass is 32.2. The van der Waals surface area contributed by atoms with Gasteiger partial charge in [0.05, 0.1) is 4.90 Å². The van der Waals surface area contributed by atoms with Gasteiger partial charge in [-0.2, -0.15) is 0 Å². The van der Waals surface area contributed by atoms with E-state index in [0.717, 1.165) is 23.4 Å². The average molecular weight is 344 g/mol. The van der Waals surface area contributed by atoms with Gasteiger partial charge in [-0.15, -0.1) is 0 Å². The zero-order chi connectivity index (χ0) is 17.2. The summed E-state index contributed by atoms with van der Waals surface area (Å²) in [5.74, 6) is -0.470. The quantitative estimate of drug-likeness (QED) is 0.768. The molecule has 0 saturated carbocycles. The molecule has 1 heterocycles. The Morgan fingerprint density at radius 1 is 0.958 bits per heavy atom. The molecule has 1 N–H and O–H groups in total. The normalized spacial score (nSPS) is 12.9. The predicted molar refractivity (Wildman–Crippen MR) is 90.9 cm³/mol. The molecule has 3 rings (SSSR count). The number of hydrogen-bond donors (Lipinski definition) is 1. The molecule has 1 aromatic heterocycles. The van der Waals surface area contributed by atoms with Gasteiger partial charge in [-0.25, -0.2) is 17.5 Å². The average Bonchev–Trinajstić information content (AvgIpc) is 3.09. The number of aromatic nitrogens is 1. The van der Waals surface area contributed by atoms with Crippen molar-refractivity contribution in [2.45, 2.75) is 17.9 Å². The molecular formula is C18H17FN2O2S. The topological polar surface area (TPSA) is 51.1 Å². The predicted octanol–water partition coefficient (Wildman–Crippen LogP) is 3.66. The van der Waals surface area contributed by atoms with Crippen LogP contribution in [-0.4, -0.2) is 13.0 Å². The fourth-order valence-corrected chi connectivity index (χ4v) is 3.66. The number of hydrogen-bond acceptors (Lipinski definition) is 2. The number of sulfonamides is 1. The lowest BCUT2D eigenvalue weighted by Gasteiger charge is -2.15. The zero-order valence-corrected chi connectivity index (χ0v) is 13.9. The standard InChI is InChI=1S/C18H17FN2O2S/c1-14(20-24(22,23)18-10-6-16(19)7-11-18)15-4-8-17(9-5-15)21-12-2-3-13-21/h2-14,20H,1H3. The van der Waals surface area contributed by atoms with Crippen LogP contribution in [-0.2, 0) is 10.0 Å². The minimum atomic E-state index is -3.70. The molecule has 0 aliphatic carbocycles. The fourth-order valence-electron chi connectivity index (χ4n) is 2.42. The van der Waals surface area contributed by atoms with Gasteiger partial charge in [0.2, 0.25) is 10.0 Å². The van der Waals surface area contributed by atoms with E-state index in [1.54, 1.807) is 6.92 Å². The highest BCUT2D eigenvalue weighted by Gasteiger charge is 2.18. The fraction of sp³-hybridized carbons (Fsp3) is 0.111. The summed E-state index contributed by atoms with van der Waals surface area (Å²) < 4.78 is 42.2. The van der Waals surface area contributed by atoms with Gasteiger partial charge in [0.15, 0.2) is 0 Å². The lowest BCUT2D eigenvalue weighted by atomic mass is 10.1. The van der Waals surface area contributed by atoms with Gasteiger partial charge in [-0.05, 0) is 61.0 Å². The molecule has 0 aliphatic heterocycles. The van der Waals surface area contributed by atoms with Gasteiger partial charge in [0.1, 0.15) is 5.82 Å². The molecule has 4 nitrogen and oxygen atoms in total. The Bertz CT molecular complexity index is 903. The summed E-state index contributed by atoms with van der Waals surface area (Å²) in [7, 11) is -3.70. The zero-order valence-electron chi connectivity index (χ0n) is 13.1. The Kier molecular flexibility index (Phi) is 4.51. The first-order valence-corrected chi connectivity index (χ1v) is 8.95. The van der Waals surface area contributed by atoms with E-state index >= 15 is 0 Å². The van der Waals surface area contributed by atoms with Crippen molar-refractivity contribution < 1.29 is 12.8 Å². The van der Waals surface area contributed by atoms with Crippen molar-refractivity contribution in [3.63, 3.8) is 0 Å². The van der Waals surface area contributed by atoms with Crippen molar-refractivity contribution >= 4 is 10.0 Å². The maximum atomic E-state index is 12.9. The van der Waals surface area contributed by atoms with Gasteiger partial charge in [-0.3, -0.25) is 0 Å². The molecule has 0 fully saturated rings. The van der Waals surface area contributed by atoms with Crippen LogP contribution >= 0.6 is 0 Å². The number of benzene rings is 2. The first-order valence-electron chi connectivity index (χ1n) is 7.47. The van der Waals surface area contributed by atoms with Crippen LogP contribution in [0, 0.1) is 5.82 Å².